The van der Waals surface area contributed by atoms with Crippen LogP contribution < -0.4 is 10.6 Å². The van der Waals surface area contributed by atoms with Crippen LogP contribution in [0.1, 0.15) is 42.2 Å². The minimum atomic E-state index is -0.715. The Bertz CT molecular complexity index is 1120. The van der Waals surface area contributed by atoms with Crippen LogP contribution in [-0.4, -0.2) is 22.7 Å². The molecule has 3 N–H and O–H groups in total. The number of nitrogens with one attached hydrogen (secondary N) is 3. The molecule has 6 nitrogen and oxygen atoms in total. The topological polar surface area (TPSA) is 91.1 Å². The van der Waals surface area contributed by atoms with Crippen molar-refractivity contribution in [3.05, 3.63) is 64.8 Å². The maximum Gasteiger partial charge on any atom is 0.272 e. The summed E-state index contributed by atoms with van der Waals surface area (Å²) in [7, 11) is 0. The number of hydrogen-bond donors (Lipinski definition) is 3. The van der Waals surface area contributed by atoms with E-state index in [-0.39, 0.29) is 17.7 Å². The predicted octanol–water partition coefficient (Wildman–Crippen LogP) is 4.16. The van der Waals surface area contributed by atoms with Crippen LogP contribution in [0.25, 0.3) is 10.9 Å². The van der Waals surface area contributed by atoms with Crippen LogP contribution in [0.5, 0.6) is 0 Å². The number of rotatable bonds is 4. The van der Waals surface area contributed by atoms with E-state index in [1.54, 1.807) is 30.3 Å². The fourth-order valence-electron chi connectivity index (χ4n) is 3.86. The number of aromatic amines is 1. The van der Waals surface area contributed by atoms with Gasteiger partial charge < -0.3 is 10.3 Å². The molecule has 2 aromatic carbocycles. The van der Waals surface area contributed by atoms with Gasteiger partial charge >= 0.3 is 0 Å². The van der Waals surface area contributed by atoms with Crippen LogP contribution in [0, 0.1) is 0 Å². The van der Waals surface area contributed by atoms with Gasteiger partial charge in [-0.3, -0.25) is 19.7 Å². The third-order valence-electron chi connectivity index (χ3n) is 5.59. The molecule has 7 heteroatoms. The van der Waals surface area contributed by atoms with Crippen LogP contribution >= 0.6 is 11.6 Å². The molecule has 3 aromatic rings. The summed E-state index contributed by atoms with van der Waals surface area (Å²) < 4.78 is 0. The maximum absolute atomic E-state index is 12.6. The monoisotopic (exact) mass is 409 g/mol. The summed E-state index contributed by atoms with van der Waals surface area (Å²) in [6.45, 7) is 1.94. The van der Waals surface area contributed by atoms with Crippen molar-refractivity contribution in [2.24, 2.45) is 0 Å². The van der Waals surface area contributed by atoms with Gasteiger partial charge in [0.05, 0.1) is 5.41 Å². The fourth-order valence-corrected chi connectivity index (χ4v) is 4.03. The van der Waals surface area contributed by atoms with Crippen molar-refractivity contribution in [1.82, 2.24) is 10.3 Å². The summed E-state index contributed by atoms with van der Waals surface area (Å²) in [5.41, 5.74) is 1.96. The number of carbonyl (C=O) groups excluding carboxylic acids is 3. The molecule has 148 valence electrons. The van der Waals surface area contributed by atoms with Crippen LogP contribution in [0.15, 0.2) is 48.5 Å². The molecular formula is C22H20ClN3O3. The zero-order chi connectivity index (χ0) is 20.6. The number of halogens is 1. The second-order valence-electron chi connectivity index (χ2n) is 7.26. The summed E-state index contributed by atoms with van der Waals surface area (Å²) in [5.74, 6) is -0.761. The average molecular weight is 410 g/mol. The number of carbonyl (C=O) groups is 3. The quantitative estimate of drug-likeness (QED) is 0.565. The molecule has 1 aliphatic rings. The Kier molecular flexibility index (Phi) is 4.88. The number of piperidine rings is 1. The Morgan fingerprint density at radius 2 is 1.90 bits per heavy atom. The molecule has 1 aromatic heterocycles. The van der Waals surface area contributed by atoms with Gasteiger partial charge in [0.2, 0.25) is 11.8 Å². The number of H-pyrrole nitrogens is 1. The minimum Gasteiger partial charge on any atom is -0.350 e. The van der Waals surface area contributed by atoms with Gasteiger partial charge in [0.1, 0.15) is 5.69 Å². The molecule has 0 spiro atoms. The molecular weight excluding hydrogens is 390 g/mol. The van der Waals surface area contributed by atoms with E-state index in [0.29, 0.717) is 35.7 Å². The summed E-state index contributed by atoms with van der Waals surface area (Å²) in [4.78, 5) is 39.7. The van der Waals surface area contributed by atoms with Gasteiger partial charge in [-0.05, 0) is 48.7 Å². The lowest BCUT2D eigenvalue weighted by Gasteiger charge is -2.35. The normalized spacial score (nSPS) is 19.2. The fraction of sp³-hybridized carbons (Fsp3) is 0.227. The van der Waals surface area contributed by atoms with E-state index in [9.17, 15) is 14.4 Å². The summed E-state index contributed by atoms with van der Waals surface area (Å²) in [6, 6.07) is 14.4. The van der Waals surface area contributed by atoms with Gasteiger partial charge in [-0.25, -0.2) is 0 Å². The molecule has 0 radical (unpaired) electrons. The predicted molar refractivity (Wildman–Crippen MR) is 112 cm³/mol. The standard InChI is InChI=1S/C22H20ClN3O3/c1-2-22(10-9-19(27)26-21(22)29)14-4-7-16(8-5-14)24-20(28)18-11-13-3-6-15(23)12-17(13)25-18/h3-8,11-12,25H,2,9-10H2,1H3,(H,24,28)(H,26,27,29). The van der Waals surface area contributed by atoms with Gasteiger partial charge in [0.15, 0.2) is 0 Å². The molecule has 0 bridgehead atoms. The van der Waals surface area contributed by atoms with Crippen molar-refractivity contribution in [1.29, 1.82) is 0 Å². The molecule has 29 heavy (non-hydrogen) atoms. The highest BCUT2D eigenvalue weighted by molar-refractivity contribution is 6.31. The second kappa shape index (κ2) is 7.37. The Morgan fingerprint density at radius 1 is 1.14 bits per heavy atom. The largest absolute Gasteiger partial charge is 0.350 e. The highest BCUT2D eigenvalue weighted by Gasteiger charge is 2.42. The number of fused-ring (bicyclic) bond motifs is 1. The Balaban J connectivity index is 1.53. The van der Waals surface area contributed by atoms with Gasteiger partial charge in [0.25, 0.3) is 5.91 Å². The van der Waals surface area contributed by atoms with Crippen LogP contribution in [0.3, 0.4) is 0 Å². The number of imide groups is 1. The van der Waals surface area contributed by atoms with E-state index < -0.39 is 5.41 Å². The second-order valence-corrected chi connectivity index (χ2v) is 7.70. The smallest absolute Gasteiger partial charge is 0.272 e. The average Bonchev–Trinajstić information content (AvgIpc) is 3.13. The van der Waals surface area contributed by atoms with E-state index in [4.69, 9.17) is 11.6 Å². The van der Waals surface area contributed by atoms with Crippen molar-refractivity contribution in [3.8, 4) is 0 Å². The van der Waals surface area contributed by atoms with E-state index in [2.05, 4.69) is 15.6 Å². The van der Waals surface area contributed by atoms with Crippen LogP contribution in [-0.2, 0) is 15.0 Å². The number of benzene rings is 2. The van der Waals surface area contributed by atoms with Crippen molar-refractivity contribution in [2.45, 2.75) is 31.6 Å². The SMILES string of the molecule is CCC1(c2ccc(NC(=O)c3cc4ccc(Cl)cc4[nH]3)cc2)CCC(=O)NC1=O. The van der Waals surface area contributed by atoms with Crippen LogP contribution in [0.4, 0.5) is 5.69 Å². The minimum absolute atomic E-state index is 0.234. The van der Waals surface area contributed by atoms with Crippen LogP contribution in [0.2, 0.25) is 5.02 Å². The maximum atomic E-state index is 12.6. The highest BCUT2D eigenvalue weighted by atomic mass is 35.5. The summed E-state index contributed by atoms with van der Waals surface area (Å²) >= 11 is 5.99. The lowest BCUT2D eigenvalue weighted by Crippen LogP contribution is -2.51. The third kappa shape index (κ3) is 3.51. The zero-order valence-corrected chi connectivity index (χ0v) is 16.6. The van der Waals surface area contributed by atoms with E-state index in [1.807, 2.05) is 25.1 Å². The van der Waals surface area contributed by atoms with Gasteiger partial charge in [-0.1, -0.05) is 36.7 Å². The van der Waals surface area contributed by atoms with Gasteiger partial charge in [0, 0.05) is 28.0 Å². The number of aromatic nitrogens is 1. The summed E-state index contributed by atoms with van der Waals surface area (Å²) in [5, 5.41) is 6.80. The third-order valence-corrected chi connectivity index (χ3v) is 5.83. The zero-order valence-electron chi connectivity index (χ0n) is 15.8. The van der Waals surface area contributed by atoms with Crippen molar-refractivity contribution < 1.29 is 14.4 Å². The first-order chi connectivity index (χ1) is 13.9. The Morgan fingerprint density at radius 3 is 2.59 bits per heavy atom. The first-order valence-corrected chi connectivity index (χ1v) is 9.83. The van der Waals surface area contributed by atoms with E-state index in [1.165, 1.54) is 0 Å². The lowest BCUT2D eigenvalue weighted by atomic mass is 9.72. The van der Waals surface area contributed by atoms with E-state index >= 15 is 0 Å². The molecule has 2 heterocycles. The highest BCUT2D eigenvalue weighted by Crippen LogP contribution is 2.36. The summed E-state index contributed by atoms with van der Waals surface area (Å²) in [6.07, 6.45) is 1.40. The number of amides is 3. The molecule has 3 amide bonds. The van der Waals surface area contributed by atoms with Gasteiger partial charge in [-0.2, -0.15) is 0 Å². The van der Waals surface area contributed by atoms with Crippen molar-refractivity contribution >= 4 is 45.9 Å². The van der Waals surface area contributed by atoms with E-state index in [0.717, 1.165) is 16.5 Å². The lowest BCUT2D eigenvalue weighted by molar-refractivity contribution is -0.138. The number of anilines is 1. The first kappa shape index (κ1) is 19.2. The molecule has 0 aliphatic carbocycles. The molecule has 1 saturated heterocycles. The van der Waals surface area contributed by atoms with Crippen molar-refractivity contribution in [2.75, 3.05) is 5.32 Å². The molecule has 1 atom stereocenters. The molecule has 1 aliphatic heterocycles. The van der Waals surface area contributed by atoms with Gasteiger partial charge in [-0.15, -0.1) is 0 Å². The Hall–Kier alpha value is -3.12. The first-order valence-electron chi connectivity index (χ1n) is 9.46. The molecule has 1 unspecified atom stereocenters. The molecule has 4 rings (SSSR count). The Labute approximate surface area is 172 Å². The molecule has 1 fully saturated rings. The molecule has 0 saturated carbocycles. The van der Waals surface area contributed by atoms with Crippen molar-refractivity contribution in [3.63, 3.8) is 0 Å². The number of hydrogen-bond acceptors (Lipinski definition) is 3.